The van der Waals surface area contributed by atoms with Crippen molar-refractivity contribution in [2.45, 2.75) is 37.0 Å². The topological polar surface area (TPSA) is 73.5 Å². The van der Waals surface area contributed by atoms with Gasteiger partial charge in [-0.15, -0.1) is 0 Å². The predicted molar refractivity (Wildman–Crippen MR) is 306 cm³/mol. The van der Waals surface area contributed by atoms with Crippen LogP contribution >= 0.6 is 68.4 Å². The molecule has 0 radical (unpaired) electrons. The average molecular weight is 1190 g/mol. The third kappa shape index (κ3) is 9.54. The second kappa shape index (κ2) is 21.6. The van der Waals surface area contributed by atoms with E-state index in [1.807, 2.05) is 54.9 Å². The normalized spacial score (nSPS) is 12.1. The molecule has 4 aromatic heterocycles. The van der Waals surface area contributed by atoms with Crippen molar-refractivity contribution >= 4 is 90.2 Å². The zero-order valence-electron chi connectivity index (χ0n) is 38.6. The van der Waals surface area contributed by atoms with Gasteiger partial charge in [-0.2, -0.15) is 10.2 Å². The highest BCUT2D eigenvalue weighted by Crippen LogP contribution is 2.46. The monoisotopic (exact) mass is 1190 g/mol. The van der Waals surface area contributed by atoms with E-state index in [2.05, 4.69) is 242 Å². The van der Waals surface area contributed by atoms with Crippen LogP contribution in [0.1, 0.15) is 51.6 Å². The average Bonchev–Trinajstić information content (AvgIpc) is 4.00. The Hall–Kier alpha value is -6.22. The molecule has 0 saturated carbocycles. The Morgan fingerprint density at radius 3 is 1.61 bits per heavy atom. The van der Waals surface area contributed by atoms with E-state index in [9.17, 15) is 0 Å². The summed E-state index contributed by atoms with van der Waals surface area (Å²) in [6.45, 7) is 2.98. The predicted octanol–water partition coefficient (Wildman–Crippen LogP) is 14.8. The summed E-state index contributed by atoms with van der Waals surface area (Å²) in [7, 11) is 0. The molecule has 0 saturated heterocycles. The fourth-order valence-corrected chi connectivity index (χ4v) is 11.6. The third-order valence-corrected chi connectivity index (χ3v) is 14.9. The van der Waals surface area contributed by atoms with Gasteiger partial charge in [0.2, 0.25) is 0 Å². The lowest BCUT2D eigenvalue weighted by atomic mass is 9.77. The number of benzene rings is 7. The molecule has 7 aromatic carbocycles. The lowest BCUT2D eigenvalue weighted by Gasteiger charge is -2.37. The molecule has 1 N–H and O–H groups in total. The first-order valence-corrected chi connectivity index (χ1v) is 26.2. The van der Waals surface area contributed by atoms with E-state index in [0.29, 0.717) is 10.2 Å². The number of pyridine rings is 2. The smallest absolute Gasteiger partial charge is 0.140 e. The fraction of sp³-hybridized carbons (Fsp3) is 0.100. The molecule has 7 nitrogen and oxygen atoms in total. The van der Waals surface area contributed by atoms with Crippen LogP contribution in [0.2, 0.25) is 10.2 Å². The van der Waals surface area contributed by atoms with Crippen molar-refractivity contribution in [3.05, 3.63) is 293 Å². The number of aromatic nitrogens is 6. The summed E-state index contributed by atoms with van der Waals surface area (Å²) in [4.78, 5) is 9.12. The Morgan fingerprint density at radius 2 is 1.07 bits per heavy atom. The van der Waals surface area contributed by atoms with Crippen LogP contribution in [0.25, 0.3) is 21.8 Å². The van der Waals surface area contributed by atoms with Crippen molar-refractivity contribution < 1.29 is 0 Å². The van der Waals surface area contributed by atoms with Crippen LogP contribution in [0.3, 0.4) is 0 Å². The van der Waals surface area contributed by atoms with Crippen molar-refractivity contribution in [1.82, 2.24) is 34.8 Å². The summed E-state index contributed by atoms with van der Waals surface area (Å²) in [5.41, 5.74) is 9.17. The maximum atomic E-state index is 6.89. The van der Waals surface area contributed by atoms with Gasteiger partial charge in [0.25, 0.3) is 0 Å². The van der Waals surface area contributed by atoms with Gasteiger partial charge in [0.05, 0.1) is 28.3 Å². The van der Waals surface area contributed by atoms with Gasteiger partial charge in [0.15, 0.2) is 0 Å². The van der Waals surface area contributed by atoms with Gasteiger partial charge < -0.3 is 5.32 Å². The number of hydrogen-bond acceptors (Lipinski definition) is 5. The van der Waals surface area contributed by atoms with E-state index in [-0.39, 0.29) is 6.04 Å². The van der Waals surface area contributed by atoms with Crippen molar-refractivity contribution in [2.75, 3.05) is 0 Å². The molecule has 0 amide bonds. The summed E-state index contributed by atoms with van der Waals surface area (Å²) in [5.74, 6) is 0. The summed E-state index contributed by atoms with van der Waals surface area (Å²) in [6.07, 6.45) is 6.24. The first-order chi connectivity index (χ1) is 34.8. The van der Waals surface area contributed by atoms with Crippen molar-refractivity contribution in [1.29, 1.82) is 0 Å². The standard InChI is InChI=1S/C35H30ClIN4.C25H17ClIN3/c1-25(38-24-26-14-6-2-7-15-26)22-30-33-31(23-32(36)39-30)41(40-34(33)37)35(27-16-8-3-9-17-27,28-18-10-4-11-19-28)29-20-12-5-13-21-29;26-23-12-11-21(27)15-22(23)25(19-7-3-1-4-8-19,20-9-5-2-6-10-20)30-24-13-14-28-16-18(24)17-29-30/h2-21,23,25,38H,22,24H2,1H3;1-17H. The number of hydrogen-bond donors (Lipinski definition) is 1. The van der Waals surface area contributed by atoms with Crippen LogP contribution in [0.4, 0.5) is 0 Å². The van der Waals surface area contributed by atoms with E-state index >= 15 is 0 Å². The summed E-state index contributed by atoms with van der Waals surface area (Å²) in [5, 5.41) is 17.0. The SMILES string of the molecule is CC(Cc1nc(Cl)cc2c1c(I)nn2C(c1ccccc1)(c1ccccc1)c1ccccc1)NCc1ccccc1.Clc1ccc(I)cc1C(c1ccccc1)(c1ccccc1)n1ncc2cnccc21. The van der Waals surface area contributed by atoms with Crippen LogP contribution in [0, 0.1) is 7.27 Å². The van der Waals surface area contributed by atoms with Crippen LogP contribution in [-0.2, 0) is 24.0 Å². The minimum absolute atomic E-state index is 0.186. The van der Waals surface area contributed by atoms with Gasteiger partial charge in [-0.1, -0.05) is 205 Å². The molecule has 0 aliphatic rings. The van der Waals surface area contributed by atoms with Crippen LogP contribution < -0.4 is 5.32 Å². The van der Waals surface area contributed by atoms with E-state index in [4.69, 9.17) is 38.4 Å². The van der Waals surface area contributed by atoms with Gasteiger partial charge in [-0.3, -0.25) is 4.98 Å². The number of nitrogens with one attached hydrogen (secondary N) is 1. The van der Waals surface area contributed by atoms with E-state index in [1.54, 1.807) is 6.20 Å². The fourth-order valence-electron chi connectivity index (χ4n) is 9.80. The molecule has 11 aromatic rings. The van der Waals surface area contributed by atoms with Crippen LogP contribution in [-0.4, -0.2) is 35.6 Å². The van der Waals surface area contributed by atoms with Crippen molar-refractivity contribution in [3.63, 3.8) is 0 Å². The highest BCUT2D eigenvalue weighted by molar-refractivity contribution is 14.1. The number of fused-ring (bicyclic) bond motifs is 2. The Morgan fingerprint density at radius 1 is 0.563 bits per heavy atom. The van der Waals surface area contributed by atoms with Gasteiger partial charge in [-0.05, 0) is 110 Å². The minimum Gasteiger partial charge on any atom is -0.310 e. The van der Waals surface area contributed by atoms with Gasteiger partial charge in [-0.25, -0.2) is 14.3 Å². The number of halogens is 4. The highest BCUT2D eigenvalue weighted by Gasteiger charge is 2.43. The first-order valence-electron chi connectivity index (χ1n) is 23.3. The maximum Gasteiger partial charge on any atom is 0.140 e. The molecular formula is C60H47Cl2I2N7. The van der Waals surface area contributed by atoms with Gasteiger partial charge >= 0.3 is 0 Å². The molecule has 0 aliphatic carbocycles. The second-order valence-electron chi connectivity index (χ2n) is 17.3. The third-order valence-electron chi connectivity index (χ3n) is 12.9. The quantitative estimate of drug-likeness (QED) is 0.0707. The molecule has 0 bridgehead atoms. The molecule has 0 spiro atoms. The van der Waals surface area contributed by atoms with E-state index in [0.717, 1.165) is 81.1 Å². The van der Waals surface area contributed by atoms with Gasteiger partial charge in [0, 0.05) is 57.0 Å². The zero-order valence-corrected chi connectivity index (χ0v) is 44.5. The second-order valence-corrected chi connectivity index (χ2v) is 20.4. The molecular weight excluding hydrogens is 1140 g/mol. The maximum absolute atomic E-state index is 6.89. The van der Waals surface area contributed by atoms with Crippen molar-refractivity contribution in [3.8, 4) is 0 Å². The van der Waals surface area contributed by atoms with Gasteiger partial charge in [0.1, 0.15) is 19.9 Å². The Kier molecular flexibility index (Phi) is 14.8. The summed E-state index contributed by atoms with van der Waals surface area (Å²) < 4.78 is 6.25. The lowest BCUT2D eigenvalue weighted by molar-refractivity contribution is 0.473. The zero-order chi connectivity index (χ0) is 48.8. The molecule has 1 unspecified atom stereocenters. The Labute approximate surface area is 451 Å². The highest BCUT2D eigenvalue weighted by atomic mass is 127. The molecule has 11 heteroatoms. The number of rotatable bonds is 13. The lowest BCUT2D eigenvalue weighted by Crippen LogP contribution is -2.39. The molecule has 1 atom stereocenters. The minimum atomic E-state index is -0.746. The summed E-state index contributed by atoms with van der Waals surface area (Å²) >= 11 is 18.4. The van der Waals surface area contributed by atoms with Crippen LogP contribution in [0.5, 0.6) is 0 Å². The Bertz CT molecular complexity index is 3390. The van der Waals surface area contributed by atoms with Crippen molar-refractivity contribution in [2.24, 2.45) is 0 Å². The molecule has 350 valence electrons. The first kappa shape index (κ1) is 48.4. The molecule has 71 heavy (non-hydrogen) atoms. The largest absolute Gasteiger partial charge is 0.310 e. The molecule has 4 heterocycles. The number of nitrogens with zero attached hydrogens (tertiary/aromatic N) is 6. The van der Waals surface area contributed by atoms with Crippen LogP contribution in [0.15, 0.2) is 231 Å². The van der Waals surface area contributed by atoms with E-state index < -0.39 is 11.1 Å². The molecule has 0 aliphatic heterocycles. The Balaban J connectivity index is 0.000000172. The summed E-state index contributed by atoms with van der Waals surface area (Å²) in [6, 6.07) is 73.4. The van der Waals surface area contributed by atoms with E-state index in [1.165, 1.54) is 5.56 Å². The molecule has 11 rings (SSSR count). The molecule has 0 fully saturated rings.